The van der Waals surface area contributed by atoms with Crippen LogP contribution in [-0.4, -0.2) is 72.9 Å². The van der Waals surface area contributed by atoms with E-state index in [1.807, 2.05) is 0 Å². The third-order valence-electron chi connectivity index (χ3n) is 6.11. The minimum Gasteiger partial charge on any atom is -0.427 e. The number of aliphatic hydroxyl groups excluding tert-OH is 5. The fourth-order valence-corrected chi connectivity index (χ4v) is 3.93. The highest BCUT2D eigenvalue weighted by Gasteiger charge is 2.60. The number of aliphatic hydroxyl groups is 6. The molecule has 2 unspecified atom stereocenters. The summed E-state index contributed by atoms with van der Waals surface area (Å²) >= 11 is 0. The first-order valence-corrected chi connectivity index (χ1v) is 12.2. The molecule has 0 amide bonds. The first-order valence-electron chi connectivity index (χ1n) is 12.2. The Labute approximate surface area is 191 Å². The zero-order chi connectivity index (χ0) is 24.0. The number of allylic oxidation sites excluding steroid dienone is 2. The van der Waals surface area contributed by atoms with E-state index in [1.54, 1.807) is 0 Å². The smallest absolute Gasteiger partial charge is 0.308 e. The van der Waals surface area contributed by atoms with Crippen molar-refractivity contribution < 1.29 is 40.2 Å². The van der Waals surface area contributed by atoms with Crippen LogP contribution in [0.1, 0.15) is 96.8 Å². The molecule has 32 heavy (non-hydrogen) atoms. The van der Waals surface area contributed by atoms with Gasteiger partial charge in [-0.3, -0.25) is 4.79 Å². The molecule has 8 nitrogen and oxygen atoms in total. The summed E-state index contributed by atoms with van der Waals surface area (Å²) in [7, 11) is 0. The summed E-state index contributed by atoms with van der Waals surface area (Å²) in [5.74, 6) is -3.74. The molecule has 0 radical (unpaired) electrons. The van der Waals surface area contributed by atoms with Gasteiger partial charge in [-0.15, -0.1) is 0 Å². The van der Waals surface area contributed by atoms with Crippen molar-refractivity contribution in [2.45, 2.75) is 133 Å². The van der Waals surface area contributed by atoms with Crippen molar-refractivity contribution in [2.75, 3.05) is 0 Å². The fraction of sp³-hybridized carbons (Fsp3) is 0.875. The Morgan fingerprint density at radius 2 is 1.16 bits per heavy atom. The Morgan fingerprint density at radius 3 is 1.66 bits per heavy atom. The van der Waals surface area contributed by atoms with Crippen LogP contribution in [0.4, 0.5) is 0 Å². The number of ether oxygens (including phenoxy) is 1. The lowest BCUT2D eigenvalue weighted by Crippen LogP contribution is -2.72. The molecule has 188 valence electrons. The molecule has 0 aromatic rings. The largest absolute Gasteiger partial charge is 0.427 e. The Balaban J connectivity index is 2.10. The molecule has 0 saturated heterocycles. The maximum Gasteiger partial charge on any atom is 0.308 e. The molecule has 0 heterocycles. The molecule has 8 heteroatoms. The van der Waals surface area contributed by atoms with Gasteiger partial charge in [0, 0.05) is 6.42 Å². The molecular formula is C24H44O8. The maximum atomic E-state index is 12.0. The first-order chi connectivity index (χ1) is 15.3. The second kappa shape index (κ2) is 15.7. The zero-order valence-corrected chi connectivity index (χ0v) is 19.4. The summed E-state index contributed by atoms with van der Waals surface area (Å²) in [5, 5.41) is 58.9. The SMILES string of the molecule is CCCCCCCC/C=C/CCCCCCCC(=O)OC1(O)[C@H](O)[C@H](O)C(O)[C@H](O)[C@H]1O. The molecule has 0 aromatic carbocycles. The van der Waals surface area contributed by atoms with Gasteiger partial charge in [-0.25, -0.2) is 0 Å². The number of carbonyl (C=O) groups is 1. The molecule has 0 aromatic heterocycles. The molecule has 1 aliphatic rings. The van der Waals surface area contributed by atoms with Gasteiger partial charge in [-0.05, 0) is 32.1 Å². The van der Waals surface area contributed by atoms with Crippen LogP contribution < -0.4 is 0 Å². The lowest BCUT2D eigenvalue weighted by atomic mass is 9.82. The van der Waals surface area contributed by atoms with E-state index in [9.17, 15) is 35.4 Å². The molecule has 0 spiro atoms. The Kier molecular flexibility index (Phi) is 14.3. The molecule has 1 fully saturated rings. The second-order valence-corrected chi connectivity index (χ2v) is 8.92. The Morgan fingerprint density at radius 1 is 0.719 bits per heavy atom. The summed E-state index contributed by atoms with van der Waals surface area (Å²) in [6.07, 6.45) is 8.87. The van der Waals surface area contributed by atoms with Gasteiger partial charge in [-0.1, -0.05) is 70.4 Å². The van der Waals surface area contributed by atoms with Crippen LogP contribution in [0.25, 0.3) is 0 Å². The van der Waals surface area contributed by atoms with Crippen molar-refractivity contribution in [1.82, 2.24) is 0 Å². The summed E-state index contributed by atoms with van der Waals surface area (Å²) in [6.45, 7) is 2.23. The van der Waals surface area contributed by atoms with Crippen LogP contribution in [0.15, 0.2) is 12.2 Å². The molecule has 1 rings (SSSR count). The van der Waals surface area contributed by atoms with E-state index in [1.165, 1.54) is 38.5 Å². The van der Waals surface area contributed by atoms with Gasteiger partial charge >= 0.3 is 5.97 Å². The molecule has 1 saturated carbocycles. The highest BCUT2D eigenvalue weighted by molar-refractivity contribution is 5.69. The van der Waals surface area contributed by atoms with Gasteiger partial charge in [0.1, 0.15) is 18.3 Å². The highest BCUT2D eigenvalue weighted by Crippen LogP contribution is 2.32. The van der Waals surface area contributed by atoms with Crippen LogP contribution in [0.5, 0.6) is 0 Å². The Bertz CT molecular complexity index is 522. The molecule has 0 aliphatic heterocycles. The number of rotatable bonds is 16. The predicted octanol–water partition coefficient (Wildman–Crippen LogP) is 2.07. The maximum absolute atomic E-state index is 12.0. The van der Waals surface area contributed by atoms with Crippen LogP contribution in [0.3, 0.4) is 0 Å². The number of esters is 1. The van der Waals surface area contributed by atoms with Crippen molar-refractivity contribution in [3.63, 3.8) is 0 Å². The monoisotopic (exact) mass is 460 g/mol. The van der Waals surface area contributed by atoms with Crippen molar-refractivity contribution in [2.24, 2.45) is 0 Å². The normalized spacial score (nSPS) is 30.7. The van der Waals surface area contributed by atoms with Gasteiger partial charge in [0.25, 0.3) is 5.79 Å². The number of hydrogen-bond acceptors (Lipinski definition) is 8. The average Bonchev–Trinajstić information content (AvgIpc) is 2.78. The Hall–Kier alpha value is -1.03. The van der Waals surface area contributed by atoms with Gasteiger partial charge in [0.2, 0.25) is 0 Å². The van der Waals surface area contributed by atoms with Gasteiger partial charge in [0.05, 0.1) is 0 Å². The topological polar surface area (TPSA) is 148 Å². The summed E-state index contributed by atoms with van der Waals surface area (Å²) in [4.78, 5) is 12.0. The summed E-state index contributed by atoms with van der Waals surface area (Å²) < 4.78 is 4.79. The van der Waals surface area contributed by atoms with Gasteiger partial charge in [-0.2, -0.15) is 0 Å². The van der Waals surface area contributed by atoms with Crippen LogP contribution in [-0.2, 0) is 9.53 Å². The third kappa shape index (κ3) is 9.45. The van der Waals surface area contributed by atoms with Crippen molar-refractivity contribution in [3.8, 4) is 0 Å². The van der Waals surface area contributed by atoms with E-state index in [4.69, 9.17) is 4.74 Å². The van der Waals surface area contributed by atoms with Crippen LogP contribution in [0, 0.1) is 0 Å². The van der Waals surface area contributed by atoms with Crippen molar-refractivity contribution in [1.29, 1.82) is 0 Å². The van der Waals surface area contributed by atoms with E-state index < -0.39 is 42.3 Å². The lowest BCUT2D eigenvalue weighted by Gasteiger charge is -2.46. The summed E-state index contributed by atoms with van der Waals surface area (Å²) in [6, 6.07) is 0. The standard InChI is InChI=1S/C24H44O8/c1-2-3-4-5-6-7-8-9-10-11-12-13-14-15-16-17-18(25)32-24(31)22(29)20(27)19(26)21(28)23(24)30/h9-10,19-23,26-31H,2-8,11-17H2,1H3/b10-9+/t19?,20-,21+,22-,23-,24?/m1/s1. The van der Waals surface area contributed by atoms with E-state index >= 15 is 0 Å². The molecule has 6 atom stereocenters. The van der Waals surface area contributed by atoms with Crippen LogP contribution in [0.2, 0.25) is 0 Å². The molecule has 0 bridgehead atoms. The molecule has 1 aliphatic carbocycles. The molecular weight excluding hydrogens is 416 g/mol. The number of hydrogen-bond donors (Lipinski definition) is 6. The highest BCUT2D eigenvalue weighted by atomic mass is 16.7. The van der Waals surface area contributed by atoms with E-state index in [0.717, 1.165) is 38.5 Å². The first kappa shape index (κ1) is 29.0. The molecule has 6 N–H and O–H groups in total. The van der Waals surface area contributed by atoms with E-state index in [-0.39, 0.29) is 6.42 Å². The van der Waals surface area contributed by atoms with Gasteiger partial charge < -0.3 is 35.4 Å². The van der Waals surface area contributed by atoms with Crippen LogP contribution >= 0.6 is 0 Å². The van der Waals surface area contributed by atoms with Gasteiger partial charge in [0.15, 0.2) is 12.2 Å². The minimum atomic E-state index is -2.88. The van der Waals surface area contributed by atoms with Crippen molar-refractivity contribution >= 4 is 5.97 Å². The second-order valence-electron chi connectivity index (χ2n) is 8.92. The average molecular weight is 461 g/mol. The zero-order valence-electron chi connectivity index (χ0n) is 19.4. The predicted molar refractivity (Wildman–Crippen MR) is 121 cm³/mol. The minimum absolute atomic E-state index is 0.0331. The fourth-order valence-electron chi connectivity index (χ4n) is 3.93. The van der Waals surface area contributed by atoms with E-state index in [2.05, 4.69) is 19.1 Å². The van der Waals surface area contributed by atoms with E-state index in [0.29, 0.717) is 6.42 Å². The quantitative estimate of drug-likeness (QED) is 0.0888. The number of carbonyl (C=O) groups excluding carboxylic acids is 1. The lowest BCUT2D eigenvalue weighted by molar-refractivity contribution is -0.347. The van der Waals surface area contributed by atoms with Crippen molar-refractivity contribution in [3.05, 3.63) is 12.2 Å². The number of unbranched alkanes of at least 4 members (excludes halogenated alkanes) is 11. The summed E-state index contributed by atoms with van der Waals surface area (Å²) in [5.41, 5.74) is 0. The third-order valence-corrected chi connectivity index (χ3v) is 6.11.